The maximum Gasteiger partial charge on any atom is 0.205 e. The van der Waals surface area contributed by atoms with Gasteiger partial charge in [-0.3, -0.25) is 0 Å². The molecule has 0 radical (unpaired) electrons. The van der Waals surface area contributed by atoms with Crippen LogP contribution in [0.5, 0.6) is 0 Å². The fourth-order valence-corrected chi connectivity index (χ4v) is 1.81. The monoisotopic (exact) mass is 241 g/mol. The van der Waals surface area contributed by atoms with Gasteiger partial charge in [-0.05, 0) is 37.3 Å². The van der Waals surface area contributed by atoms with Crippen molar-refractivity contribution < 1.29 is 4.39 Å². The van der Waals surface area contributed by atoms with E-state index in [0.29, 0.717) is 11.5 Å². The van der Waals surface area contributed by atoms with E-state index in [1.807, 2.05) is 31.2 Å². The Balaban J connectivity index is 1.92. The zero-order valence-corrected chi connectivity index (χ0v) is 9.87. The molecule has 3 nitrogen and oxygen atoms in total. The number of H-pyrrole nitrogens is 1. The van der Waals surface area contributed by atoms with Crippen molar-refractivity contribution in [2.75, 3.05) is 5.32 Å². The first-order valence-electron chi connectivity index (χ1n) is 5.70. The van der Waals surface area contributed by atoms with Crippen molar-refractivity contribution in [2.45, 2.75) is 6.92 Å². The summed E-state index contributed by atoms with van der Waals surface area (Å²) in [5, 5.41) is 3.15. The molecule has 2 aromatic carbocycles. The fourth-order valence-electron chi connectivity index (χ4n) is 1.81. The minimum atomic E-state index is -0.270. The normalized spacial score (nSPS) is 10.8. The zero-order chi connectivity index (χ0) is 12.5. The summed E-state index contributed by atoms with van der Waals surface area (Å²) >= 11 is 0. The van der Waals surface area contributed by atoms with Gasteiger partial charge in [-0.1, -0.05) is 17.7 Å². The third-order valence-electron chi connectivity index (χ3n) is 2.76. The lowest BCUT2D eigenvalue weighted by Gasteiger charge is -2.02. The van der Waals surface area contributed by atoms with Crippen LogP contribution in [0.3, 0.4) is 0 Å². The average molecular weight is 241 g/mol. The number of nitrogens with zero attached hydrogens (tertiary/aromatic N) is 1. The Morgan fingerprint density at radius 3 is 2.67 bits per heavy atom. The summed E-state index contributed by atoms with van der Waals surface area (Å²) < 4.78 is 13.0. The number of hydrogen-bond acceptors (Lipinski definition) is 2. The number of nitrogens with one attached hydrogen (secondary N) is 2. The SMILES string of the molecule is Cc1ccc(Nc2nc3ccc(F)cc3[nH]2)cc1. The molecule has 0 saturated heterocycles. The first-order chi connectivity index (χ1) is 8.70. The van der Waals surface area contributed by atoms with Gasteiger partial charge in [0.1, 0.15) is 5.82 Å². The summed E-state index contributed by atoms with van der Waals surface area (Å²) in [4.78, 5) is 7.38. The lowest BCUT2D eigenvalue weighted by Crippen LogP contribution is -1.91. The number of anilines is 2. The Hall–Kier alpha value is -2.36. The second-order valence-electron chi connectivity index (χ2n) is 4.24. The number of hydrogen-bond donors (Lipinski definition) is 2. The molecule has 18 heavy (non-hydrogen) atoms. The van der Waals surface area contributed by atoms with Crippen LogP contribution in [0.25, 0.3) is 11.0 Å². The van der Waals surface area contributed by atoms with E-state index in [4.69, 9.17) is 0 Å². The second kappa shape index (κ2) is 4.14. The van der Waals surface area contributed by atoms with Gasteiger partial charge in [-0.2, -0.15) is 0 Å². The molecule has 0 amide bonds. The maximum atomic E-state index is 13.0. The van der Waals surface area contributed by atoms with Gasteiger partial charge in [0, 0.05) is 5.69 Å². The van der Waals surface area contributed by atoms with E-state index in [2.05, 4.69) is 15.3 Å². The van der Waals surface area contributed by atoms with E-state index >= 15 is 0 Å². The van der Waals surface area contributed by atoms with Crippen LogP contribution in [0.2, 0.25) is 0 Å². The molecule has 0 fully saturated rings. The Morgan fingerprint density at radius 2 is 1.89 bits per heavy atom. The zero-order valence-electron chi connectivity index (χ0n) is 9.87. The van der Waals surface area contributed by atoms with Gasteiger partial charge >= 0.3 is 0 Å². The molecule has 0 aliphatic heterocycles. The minimum absolute atomic E-state index is 0.270. The first kappa shape index (κ1) is 10.8. The Labute approximate surface area is 104 Å². The smallest absolute Gasteiger partial charge is 0.205 e. The third-order valence-corrected chi connectivity index (χ3v) is 2.76. The fraction of sp³-hybridized carbons (Fsp3) is 0.0714. The van der Waals surface area contributed by atoms with Crippen molar-refractivity contribution in [3.8, 4) is 0 Å². The van der Waals surface area contributed by atoms with Crippen LogP contribution < -0.4 is 5.32 Å². The molecule has 0 aliphatic carbocycles. The Bertz CT molecular complexity index is 686. The molecular weight excluding hydrogens is 229 g/mol. The molecule has 0 bridgehead atoms. The predicted molar refractivity (Wildman–Crippen MR) is 70.5 cm³/mol. The van der Waals surface area contributed by atoms with Crippen LogP contribution >= 0.6 is 0 Å². The molecule has 0 unspecified atom stereocenters. The van der Waals surface area contributed by atoms with Crippen molar-refractivity contribution in [2.24, 2.45) is 0 Å². The van der Waals surface area contributed by atoms with Gasteiger partial charge in [0.25, 0.3) is 0 Å². The lowest BCUT2D eigenvalue weighted by atomic mass is 10.2. The van der Waals surface area contributed by atoms with E-state index in [9.17, 15) is 4.39 Å². The van der Waals surface area contributed by atoms with Crippen LogP contribution in [0.1, 0.15) is 5.56 Å². The number of benzene rings is 2. The quantitative estimate of drug-likeness (QED) is 0.717. The minimum Gasteiger partial charge on any atom is -0.326 e. The highest BCUT2D eigenvalue weighted by atomic mass is 19.1. The predicted octanol–water partition coefficient (Wildman–Crippen LogP) is 3.75. The highest BCUT2D eigenvalue weighted by molar-refractivity contribution is 5.78. The van der Waals surface area contributed by atoms with E-state index in [1.54, 1.807) is 6.07 Å². The van der Waals surface area contributed by atoms with E-state index < -0.39 is 0 Å². The van der Waals surface area contributed by atoms with Gasteiger partial charge in [-0.15, -0.1) is 0 Å². The van der Waals surface area contributed by atoms with Crippen molar-refractivity contribution in [1.82, 2.24) is 9.97 Å². The van der Waals surface area contributed by atoms with Crippen molar-refractivity contribution >= 4 is 22.7 Å². The highest BCUT2D eigenvalue weighted by Crippen LogP contribution is 2.19. The summed E-state index contributed by atoms with van der Waals surface area (Å²) in [6, 6.07) is 12.5. The summed E-state index contributed by atoms with van der Waals surface area (Å²) in [6.45, 7) is 2.04. The van der Waals surface area contributed by atoms with Crippen LogP contribution in [0.4, 0.5) is 16.0 Å². The average Bonchev–Trinajstić information content (AvgIpc) is 2.73. The molecule has 3 aromatic rings. The molecule has 1 heterocycles. The molecule has 0 aliphatic rings. The molecule has 0 spiro atoms. The van der Waals surface area contributed by atoms with Crippen LogP contribution in [0.15, 0.2) is 42.5 Å². The second-order valence-corrected chi connectivity index (χ2v) is 4.24. The summed E-state index contributed by atoms with van der Waals surface area (Å²) in [5.74, 6) is 0.340. The van der Waals surface area contributed by atoms with Gasteiger partial charge in [0.05, 0.1) is 11.0 Å². The molecule has 0 saturated carbocycles. The number of aryl methyl sites for hydroxylation is 1. The van der Waals surface area contributed by atoms with Gasteiger partial charge in [-0.25, -0.2) is 9.37 Å². The number of aromatic amines is 1. The standard InChI is InChI=1S/C14H12FN3/c1-9-2-5-11(6-3-9)16-14-17-12-7-4-10(15)8-13(12)18-14/h2-8H,1H3,(H2,16,17,18). The molecular formula is C14H12FN3. The molecule has 3 rings (SSSR count). The molecule has 1 aromatic heterocycles. The Morgan fingerprint density at radius 1 is 1.11 bits per heavy atom. The molecule has 4 heteroatoms. The summed E-state index contributed by atoms with van der Waals surface area (Å²) in [5.41, 5.74) is 3.57. The van der Waals surface area contributed by atoms with E-state index in [0.717, 1.165) is 11.2 Å². The van der Waals surface area contributed by atoms with E-state index in [1.165, 1.54) is 17.7 Å². The largest absolute Gasteiger partial charge is 0.326 e. The molecule has 90 valence electrons. The number of imidazole rings is 1. The van der Waals surface area contributed by atoms with Gasteiger partial charge in [0.15, 0.2) is 0 Å². The van der Waals surface area contributed by atoms with Crippen molar-refractivity contribution in [3.63, 3.8) is 0 Å². The highest BCUT2D eigenvalue weighted by Gasteiger charge is 2.03. The molecule has 2 N–H and O–H groups in total. The third kappa shape index (κ3) is 2.05. The summed E-state index contributed by atoms with van der Waals surface area (Å²) in [7, 11) is 0. The Kier molecular flexibility index (Phi) is 2.48. The first-order valence-corrected chi connectivity index (χ1v) is 5.70. The van der Waals surface area contributed by atoms with Gasteiger partial charge < -0.3 is 10.3 Å². The number of fused-ring (bicyclic) bond motifs is 1. The van der Waals surface area contributed by atoms with Crippen molar-refractivity contribution in [3.05, 3.63) is 53.8 Å². The topological polar surface area (TPSA) is 40.7 Å². The number of aromatic nitrogens is 2. The lowest BCUT2D eigenvalue weighted by molar-refractivity contribution is 0.629. The van der Waals surface area contributed by atoms with E-state index in [-0.39, 0.29) is 5.82 Å². The maximum absolute atomic E-state index is 13.0. The number of halogens is 1. The van der Waals surface area contributed by atoms with Crippen LogP contribution in [-0.4, -0.2) is 9.97 Å². The van der Waals surface area contributed by atoms with Crippen molar-refractivity contribution in [1.29, 1.82) is 0 Å². The number of rotatable bonds is 2. The van der Waals surface area contributed by atoms with Crippen LogP contribution in [0, 0.1) is 12.7 Å². The molecule has 0 atom stereocenters. The summed E-state index contributed by atoms with van der Waals surface area (Å²) in [6.07, 6.45) is 0. The van der Waals surface area contributed by atoms with Crippen LogP contribution in [-0.2, 0) is 0 Å². The van der Waals surface area contributed by atoms with Gasteiger partial charge in [0.2, 0.25) is 5.95 Å².